The van der Waals surface area contributed by atoms with Crippen LogP contribution in [0.15, 0.2) is 24.3 Å². The van der Waals surface area contributed by atoms with Crippen molar-refractivity contribution in [1.29, 1.82) is 0 Å². The molecular formula is C15H17N3O6S. The van der Waals surface area contributed by atoms with Gasteiger partial charge in [-0.2, -0.15) is 0 Å². The Hall–Kier alpha value is -2.62. The number of ether oxygens (including phenoxy) is 1. The Morgan fingerprint density at radius 1 is 1.44 bits per heavy atom. The number of nitro groups is 1. The number of hydrogen-bond donors (Lipinski definition) is 2. The van der Waals surface area contributed by atoms with Gasteiger partial charge in [0.25, 0.3) is 5.69 Å². The SMILES string of the molecule is CCOC(=O)[C@H]1CS[C@H](CC(=O)Nc2ccccc2[N+](=O)[O-])C(=O)N1. The molecule has 2 amide bonds. The number of anilines is 1. The zero-order valence-electron chi connectivity index (χ0n) is 13.4. The van der Waals surface area contributed by atoms with Gasteiger partial charge in [-0.25, -0.2) is 4.79 Å². The van der Waals surface area contributed by atoms with Crippen LogP contribution in [0, 0.1) is 10.1 Å². The van der Waals surface area contributed by atoms with Gasteiger partial charge in [0, 0.05) is 18.2 Å². The number of carbonyl (C=O) groups is 3. The first-order valence-electron chi connectivity index (χ1n) is 7.54. The maximum atomic E-state index is 12.1. The summed E-state index contributed by atoms with van der Waals surface area (Å²) in [7, 11) is 0. The fraction of sp³-hybridized carbons (Fsp3) is 0.400. The van der Waals surface area contributed by atoms with Crippen LogP contribution >= 0.6 is 11.8 Å². The van der Waals surface area contributed by atoms with Gasteiger partial charge in [0.1, 0.15) is 11.7 Å². The van der Waals surface area contributed by atoms with Crippen molar-refractivity contribution < 1.29 is 24.0 Å². The van der Waals surface area contributed by atoms with E-state index in [4.69, 9.17) is 4.74 Å². The van der Waals surface area contributed by atoms with Crippen LogP contribution in [0.2, 0.25) is 0 Å². The van der Waals surface area contributed by atoms with E-state index in [0.717, 1.165) is 0 Å². The van der Waals surface area contributed by atoms with Crippen molar-refractivity contribution in [2.24, 2.45) is 0 Å². The zero-order chi connectivity index (χ0) is 18.4. The molecule has 2 atom stereocenters. The molecule has 1 aromatic carbocycles. The number of para-hydroxylation sites is 2. The molecule has 1 fully saturated rings. The molecule has 0 spiro atoms. The molecular weight excluding hydrogens is 350 g/mol. The van der Waals surface area contributed by atoms with E-state index < -0.39 is 34.0 Å². The monoisotopic (exact) mass is 367 g/mol. The first kappa shape index (κ1) is 18.7. The zero-order valence-corrected chi connectivity index (χ0v) is 14.2. The first-order valence-corrected chi connectivity index (χ1v) is 8.59. The predicted octanol–water partition coefficient (Wildman–Crippen LogP) is 1.09. The molecule has 0 bridgehead atoms. The van der Waals surface area contributed by atoms with E-state index in [0.29, 0.717) is 5.75 Å². The lowest BCUT2D eigenvalue weighted by molar-refractivity contribution is -0.383. The molecule has 134 valence electrons. The van der Waals surface area contributed by atoms with Crippen molar-refractivity contribution in [3.8, 4) is 0 Å². The third-order valence-corrected chi connectivity index (χ3v) is 4.70. The third-order valence-electron chi connectivity index (χ3n) is 3.39. The summed E-state index contributed by atoms with van der Waals surface area (Å²) >= 11 is 1.18. The standard InChI is InChI=1S/C15H17N3O6S/c1-2-24-15(21)10-8-25-12(14(20)17-10)7-13(19)16-9-5-3-4-6-11(9)18(22)23/h3-6,10,12H,2,7-8H2,1H3,(H,16,19)(H,17,20)/t10-,12-/m1/s1. The van der Waals surface area contributed by atoms with Crippen LogP contribution in [0.25, 0.3) is 0 Å². The van der Waals surface area contributed by atoms with E-state index in [1.807, 2.05) is 0 Å². The van der Waals surface area contributed by atoms with Gasteiger partial charge in [-0.3, -0.25) is 19.7 Å². The second-order valence-corrected chi connectivity index (χ2v) is 6.40. The second-order valence-electron chi connectivity index (χ2n) is 5.16. The number of carbonyl (C=O) groups excluding carboxylic acids is 3. The van der Waals surface area contributed by atoms with E-state index in [1.165, 1.54) is 30.0 Å². The van der Waals surface area contributed by atoms with E-state index in [1.54, 1.807) is 13.0 Å². The van der Waals surface area contributed by atoms with Gasteiger partial charge in [-0.15, -0.1) is 11.8 Å². The molecule has 0 unspecified atom stereocenters. The Balaban J connectivity index is 1.93. The van der Waals surface area contributed by atoms with Gasteiger partial charge in [-0.05, 0) is 13.0 Å². The predicted molar refractivity (Wildman–Crippen MR) is 91.2 cm³/mol. The molecule has 10 heteroatoms. The molecule has 0 saturated carbocycles. The average Bonchev–Trinajstić information content (AvgIpc) is 2.57. The lowest BCUT2D eigenvalue weighted by atomic mass is 10.2. The number of benzene rings is 1. The van der Waals surface area contributed by atoms with Gasteiger partial charge < -0.3 is 15.4 Å². The molecule has 1 heterocycles. The number of esters is 1. The summed E-state index contributed by atoms with van der Waals surface area (Å²) in [4.78, 5) is 46.1. The maximum Gasteiger partial charge on any atom is 0.329 e. The Morgan fingerprint density at radius 3 is 2.80 bits per heavy atom. The summed E-state index contributed by atoms with van der Waals surface area (Å²) in [6.07, 6.45) is -0.155. The van der Waals surface area contributed by atoms with Crippen molar-refractivity contribution in [3.63, 3.8) is 0 Å². The van der Waals surface area contributed by atoms with Crippen LogP contribution in [0.1, 0.15) is 13.3 Å². The quantitative estimate of drug-likeness (QED) is 0.437. The molecule has 2 rings (SSSR count). The summed E-state index contributed by atoms with van der Waals surface area (Å²) in [5, 5.41) is 15.2. The van der Waals surface area contributed by atoms with Gasteiger partial charge in [0.15, 0.2) is 0 Å². The van der Waals surface area contributed by atoms with Crippen LogP contribution in [0.3, 0.4) is 0 Å². The molecule has 0 radical (unpaired) electrons. The Morgan fingerprint density at radius 2 is 2.16 bits per heavy atom. The van der Waals surface area contributed by atoms with Gasteiger partial charge in [0.2, 0.25) is 11.8 Å². The van der Waals surface area contributed by atoms with Crippen molar-refractivity contribution in [3.05, 3.63) is 34.4 Å². The van der Waals surface area contributed by atoms with Crippen LogP contribution in [-0.4, -0.2) is 46.4 Å². The Labute approximate surface area is 147 Å². The third kappa shape index (κ3) is 4.92. The summed E-state index contributed by atoms with van der Waals surface area (Å²) in [5.74, 6) is -1.16. The van der Waals surface area contributed by atoms with Crippen LogP contribution in [0.4, 0.5) is 11.4 Å². The number of thioether (sulfide) groups is 1. The van der Waals surface area contributed by atoms with Crippen molar-refractivity contribution in [1.82, 2.24) is 5.32 Å². The molecule has 0 aromatic heterocycles. The molecule has 0 aliphatic carbocycles. The van der Waals surface area contributed by atoms with Gasteiger partial charge >= 0.3 is 5.97 Å². The first-order chi connectivity index (χ1) is 11.9. The van der Waals surface area contributed by atoms with E-state index in [2.05, 4.69) is 10.6 Å². The summed E-state index contributed by atoms with van der Waals surface area (Å²) < 4.78 is 4.85. The fourth-order valence-corrected chi connectivity index (χ4v) is 3.36. The van der Waals surface area contributed by atoms with Crippen LogP contribution < -0.4 is 10.6 Å². The number of rotatable bonds is 6. The van der Waals surface area contributed by atoms with E-state index in [9.17, 15) is 24.5 Å². The topological polar surface area (TPSA) is 128 Å². The normalized spacial score (nSPS) is 19.6. The second kappa shape index (κ2) is 8.47. The van der Waals surface area contributed by atoms with E-state index >= 15 is 0 Å². The highest BCUT2D eigenvalue weighted by molar-refractivity contribution is 8.00. The summed E-state index contributed by atoms with van der Waals surface area (Å²) in [6, 6.07) is 5.03. The number of hydrogen-bond acceptors (Lipinski definition) is 7. The maximum absolute atomic E-state index is 12.1. The highest BCUT2D eigenvalue weighted by Crippen LogP contribution is 2.25. The smallest absolute Gasteiger partial charge is 0.329 e. The molecule has 2 N–H and O–H groups in total. The average molecular weight is 367 g/mol. The minimum Gasteiger partial charge on any atom is -0.464 e. The largest absolute Gasteiger partial charge is 0.464 e. The lowest BCUT2D eigenvalue weighted by Crippen LogP contribution is -2.51. The summed E-state index contributed by atoms with van der Waals surface area (Å²) in [5.41, 5.74) is -0.151. The Kier molecular flexibility index (Phi) is 6.34. The highest BCUT2D eigenvalue weighted by atomic mass is 32.2. The molecule has 1 aromatic rings. The van der Waals surface area contributed by atoms with Crippen molar-refractivity contribution in [2.45, 2.75) is 24.6 Å². The van der Waals surface area contributed by atoms with Gasteiger partial charge in [-0.1, -0.05) is 12.1 Å². The number of nitro benzene ring substituents is 1. The van der Waals surface area contributed by atoms with Crippen LogP contribution in [0.5, 0.6) is 0 Å². The van der Waals surface area contributed by atoms with Gasteiger partial charge in [0.05, 0.1) is 16.8 Å². The highest BCUT2D eigenvalue weighted by Gasteiger charge is 2.34. The molecule has 9 nitrogen and oxygen atoms in total. The molecule has 1 aliphatic rings. The minimum absolute atomic E-state index is 0.0723. The fourth-order valence-electron chi connectivity index (χ4n) is 2.22. The minimum atomic E-state index is -0.730. The molecule has 1 aliphatic heterocycles. The lowest BCUT2D eigenvalue weighted by Gasteiger charge is -2.27. The number of amides is 2. The Bertz CT molecular complexity index is 696. The van der Waals surface area contributed by atoms with E-state index in [-0.39, 0.29) is 24.4 Å². The van der Waals surface area contributed by atoms with Crippen molar-refractivity contribution in [2.75, 3.05) is 17.7 Å². The van der Waals surface area contributed by atoms with Crippen molar-refractivity contribution >= 4 is 40.9 Å². The number of nitrogens with one attached hydrogen (secondary N) is 2. The molecule has 25 heavy (non-hydrogen) atoms. The molecule has 1 saturated heterocycles. The summed E-state index contributed by atoms with van der Waals surface area (Å²) in [6.45, 7) is 1.89. The number of nitrogens with zero attached hydrogens (tertiary/aromatic N) is 1. The van der Waals surface area contributed by atoms with Crippen LogP contribution in [-0.2, 0) is 19.1 Å².